The van der Waals surface area contributed by atoms with Crippen LogP contribution in [0, 0.1) is 0 Å². The van der Waals surface area contributed by atoms with Gasteiger partial charge < -0.3 is 4.98 Å². The Kier molecular flexibility index (Phi) is 5.22. The van der Waals surface area contributed by atoms with E-state index in [0.717, 1.165) is 55.8 Å². The fourth-order valence-corrected chi connectivity index (χ4v) is 5.09. The van der Waals surface area contributed by atoms with Gasteiger partial charge in [-0.3, -0.25) is 25.0 Å². The van der Waals surface area contributed by atoms with Gasteiger partial charge in [0.25, 0.3) is 5.92 Å². The van der Waals surface area contributed by atoms with Gasteiger partial charge in [-0.05, 0) is 42.0 Å². The first-order valence-electron chi connectivity index (χ1n) is 12.3. The molecule has 1 fully saturated rings. The minimum Gasteiger partial charge on any atom is -0.353 e. The van der Waals surface area contributed by atoms with Gasteiger partial charge in [-0.25, -0.2) is 13.8 Å². The maximum Gasteiger partial charge on any atom is 0.261 e. The number of H-pyrrole nitrogens is 2. The fourth-order valence-electron chi connectivity index (χ4n) is 5.09. The highest BCUT2D eigenvalue weighted by molar-refractivity contribution is 5.99. The predicted molar refractivity (Wildman–Crippen MR) is 140 cm³/mol. The van der Waals surface area contributed by atoms with E-state index in [1.54, 1.807) is 35.9 Å². The third kappa shape index (κ3) is 4.08. The Labute approximate surface area is 215 Å². The van der Waals surface area contributed by atoms with Crippen LogP contribution in [0.15, 0.2) is 73.4 Å². The standard InChI is InChI=1S/C28H22F2N8/c29-28(30)5-8-38(16-28)15-17-9-18(13-31-12-17)19-10-21-26(36-37-27(21)34-14-19)24-11-20-22(35-24)4-7-33-25(20)23-3-1-2-6-32-23/h1-4,6-7,9-14,35H,5,8,15-16H2,(H,34,36,37). The van der Waals surface area contributed by atoms with E-state index in [2.05, 4.69) is 35.1 Å². The molecular formula is C28H22F2N8. The van der Waals surface area contributed by atoms with Crippen LogP contribution in [0.5, 0.6) is 0 Å². The summed E-state index contributed by atoms with van der Waals surface area (Å²) in [6.45, 7) is 0.598. The summed E-state index contributed by atoms with van der Waals surface area (Å²) in [5.74, 6) is -2.62. The van der Waals surface area contributed by atoms with E-state index in [0.29, 0.717) is 18.7 Å². The molecule has 0 radical (unpaired) electrons. The smallest absolute Gasteiger partial charge is 0.261 e. The van der Waals surface area contributed by atoms with Crippen LogP contribution in [0.2, 0.25) is 0 Å². The van der Waals surface area contributed by atoms with Crippen molar-refractivity contribution in [3.05, 3.63) is 79.0 Å². The average Bonchev–Trinajstić information content (AvgIpc) is 3.64. The molecule has 0 atom stereocenters. The molecule has 1 aliphatic heterocycles. The lowest BCUT2D eigenvalue weighted by molar-refractivity contribution is 0.0115. The number of pyridine rings is 4. The van der Waals surface area contributed by atoms with Crippen molar-refractivity contribution >= 4 is 21.9 Å². The summed E-state index contributed by atoms with van der Waals surface area (Å²) < 4.78 is 27.3. The molecule has 188 valence electrons. The maximum absolute atomic E-state index is 13.6. The molecule has 0 amide bonds. The number of fused-ring (bicyclic) bond motifs is 2. The summed E-state index contributed by atoms with van der Waals surface area (Å²) in [5.41, 5.74) is 7.37. The summed E-state index contributed by atoms with van der Waals surface area (Å²) in [7, 11) is 0. The van der Waals surface area contributed by atoms with Crippen molar-refractivity contribution in [2.24, 2.45) is 0 Å². The summed E-state index contributed by atoms with van der Waals surface area (Å²) in [6, 6.07) is 13.7. The van der Waals surface area contributed by atoms with Crippen LogP contribution in [-0.2, 0) is 6.54 Å². The minimum atomic E-state index is -2.62. The van der Waals surface area contributed by atoms with Crippen molar-refractivity contribution < 1.29 is 8.78 Å². The van der Waals surface area contributed by atoms with E-state index in [1.807, 2.05) is 42.5 Å². The topological polar surface area (TPSA) is 99.3 Å². The number of alkyl halides is 2. The number of rotatable bonds is 5. The molecule has 0 saturated carbocycles. The Morgan fingerprint density at radius 1 is 0.895 bits per heavy atom. The first-order chi connectivity index (χ1) is 18.5. The molecule has 6 aromatic heterocycles. The van der Waals surface area contributed by atoms with E-state index >= 15 is 0 Å². The number of hydrogen-bond donors (Lipinski definition) is 2. The molecule has 6 aromatic rings. The minimum absolute atomic E-state index is 0.100. The van der Waals surface area contributed by atoms with E-state index < -0.39 is 5.92 Å². The Hall–Kier alpha value is -4.57. The van der Waals surface area contributed by atoms with Crippen LogP contribution >= 0.6 is 0 Å². The zero-order valence-electron chi connectivity index (χ0n) is 20.2. The van der Waals surface area contributed by atoms with Crippen molar-refractivity contribution in [2.45, 2.75) is 18.9 Å². The van der Waals surface area contributed by atoms with Crippen molar-refractivity contribution in [1.29, 1.82) is 0 Å². The van der Waals surface area contributed by atoms with E-state index in [1.165, 1.54) is 0 Å². The molecule has 0 aliphatic carbocycles. The summed E-state index contributed by atoms with van der Waals surface area (Å²) in [6.07, 6.45) is 8.67. The fraction of sp³-hybridized carbons (Fsp3) is 0.179. The molecule has 8 nitrogen and oxygen atoms in total. The molecule has 0 aromatic carbocycles. The van der Waals surface area contributed by atoms with Crippen LogP contribution < -0.4 is 0 Å². The maximum atomic E-state index is 13.6. The zero-order valence-corrected chi connectivity index (χ0v) is 20.2. The number of aromatic nitrogens is 7. The molecule has 1 aliphatic rings. The van der Waals surface area contributed by atoms with Gasteiger partial charge in [0.15, 0.2) is 5.65 Å². The number of halogens is 2. The molecule has 2 N–H and O–H groups in total. The Morgan fingerprint density at radius 3 is 2.66 bits per heavy atom. The molecule has 7 heterocycles. The Morgan fingerprint density at radius 2 is 1.82 bits per heavy atom. The van der Waals surface area contributed by atoms with Gasteiger partial charge in [0.2, 0.25) is 0 Å². The number of hydrogen-bond acceptors (Lipinski definition) is 6. The van der Waals surface area contributed by atoms with Crippen molar-refractivity contribution in [3.63, 3.8) is 0 Å². The third-order valence-electron chi connectivity index (χ3n) is 6.91. The van der Waals surface area contributed by atoms with Gasteiger partial charge in [-0.1, -0.05) is 6.07 Å². The lowest BCUT2D eigenvalue weighted by Crippen LogP contribution is -2.24. The lowest BCUT2D eigenvalue weighted by atomic mass is 10.1. The van der Waals surface area contributed by atoms with Gasteiger partial charge in [-0.2, -0.15) is 5.10 Å². The monoisotopic (exact) mass is 508 g/mol. The highest BCUT2D eigenvalue weighted by Gasteiger charge is 2.37. The number of likely N-dealkylation sites (tertiary alicyclic amines) is 1. The normalized spacial score (nSPS) is 15.5. The molecule has 0 bridgehead atoms. The summed E-state index contributed by atoms with van der Waals surface area (Å²) in [4.78, 5) is 23.2. The van der Waals surface area contributed by atoms with Crippen LogP contribution in [0.4, 0.5) is 8.78 Å². The van der Waals surface area contributed by atoms with E-state index in [-0.39, 0.29) is 13.0 Å². The van der Waals surface area contributed by atoms with Gasteiger partial charge in [0.05, 0.1) is 23.6 Å². The molecule has 7 rings (SSSR count). The van der Waals surface area contributed by atoms with Gasteiger partial charge in [0.1, 0.15) is 5.69 Å². The van der Waals surface area contributed by atoms with Crippen LogP contribution in [-0.4, -0.2) is 59.0 Å². The molecule has 1 saturated heterocycles. The van der Waals surface area contributed by atoms with Gasteiger partial charge in [-0.15, -0.1) is 0 Å². The van der Waals surface area contributed by atoms with Crippen LogP contribution in [0.3, 0.4) is 0 Å². The highest BCUT2D eigenvalue weighted by atomic mass is 19.3. The van der Waals surface area contributed by atoms with E-state index in [4.69, 9.17) is 0 Å². The average molecular weight is 509 g/mol. The molecule has 0 spiro atoms. The second kappa shape index (κ2) is 8.77. The molecule has 10 heteroatoms. The SMILES string of the molecule is FC1(F)CCN(Cc2cncc(-c3cnc4[nH]nc(-c5cc6c(-c7ccccn7)nccc6[nH]5)c4c3)c2)C1. The molecular weight excluding hydrogens is 486 g/mol. The Bertz CT molecular complexity index is 1780. The Balaban J connectivity index is 1.24. The van der Waals surface area contributed by atoms with Crippen LogP contribution in [0.25, 0.3) is 55.8 Å². The van der Waals surface area contributed by atoms with Crippen LogP contribution in [0.1, 0.15) is 12.0 Å². The second-order valence-corrected chi connectivity index (χ2v) is 9.61. The van der Waals surface area contributed by atoms with Gasteiger partial charge >= 0.3 is 0 Å². The number of nitrogens with zero attached hydrogens (tertiary/aromatic N) is 6. The summed E-state index contributed by atoms with van der Waals surface area (Å²) in [5, 5.41) is 9.37. The summed E-state index contributed by atoms with van der Waals surface area (Å²) >= 11 is 0. The molecule has 38 heavy (non-hydrogen) atoms. The van der Waals surface area contributed by atoms with Crippen molar-refractivity contribution in [2.75, 3.05) is 13.1 Å². The van der Waals surface area contributed by atoms with Crippen molar-refractivity contribution in [1.82, 2.24) is 40.0 Å². The zero-order chi connectivity index (χ0) is 25.7. The molecule has 0 unspecified atom stereocenters. The predicted octanol–water partition coefficient (Wildman–Crippen LogP) is 5.47. The highest BCUT2D eigenvalue weighted by Crippen LogP contribution is 2.34. The van der Waals surface area contributed by atoms with Gasteiger partial charge in [0, 0.05) is 77.9 Å². The first kappa shape index (κ1) is 22.6. The number of nitrogens with one attached hydrogen (secondary N) is 2. The lowest BCUT2D eigenvalue weighted by Gasteiger charge is -2.15. The quantitative estimate of drug-likeness (QED) is 0.321. The first-order valence-corrected chi connectivity index (χ1v) is 12.3. The largest absolute Gasteiger partial charge is 0.353 e. The third-order valence-corrected chi connectivity index (χ3v) is 6.91. The second-order valence-electron chi connectivity index (χ2n) is 9.61. The number of aromatic amines is 2. The van der Waals surface area contributed by atoms with E-state index in [9.17, 15) is 8.78 Å². The van der Waals surface area contributed by atoms with Crippen molar-refractivity contribution in [3.8, 4) is 33.9 Å².